The number of hydrogen-bond donors (Lipinski definition) is 1. The molecule has 2 heterocycles. The van der Waals surface area contributed by atoms with Crippen molar-refractivity contribution in [3.8, 4) is 5.75 Å². The summed E-state index contributed by atoms with van der Waals surface area (Å²) in [6, 6.07) is 9.02. The van der Waals surface area contributed by atoms with Gasteiger partial charge in [0.2, 0.25) is 0 Å². The molecule has 2 saturated heterocycles. The fraction of sp³-hybridized carbons (Fsp3) is 0.600. The van der Waals surface area contributed by atoms with E-state index in [1.54, 1.807) is 7.11 Å². The van der Waals surface area contributed by atoms with Crippen molar-refractivity contribution in [2.24, 2.45) is 0 Å². The van der Waals surface area contributed by atoms with Gasteiger partial charge in [-0.05, 0) is 32.3 Å². The first kappa shape index (κ1) is 12.0. The molecule has 3 nitrogen and oxygen atoms in total. The van der Waals surface area contributed by atoms with E-state index in [0.717, 1.165) is 12.2 Å². The van der Waals surface area contributed by atoms with Crippen molar-refractivity contribution in [3.63, 3.8) is 0 Å². The molecule has 18 heavy (non-hydrogen) atoms. The maximum absolute atomic E-state index is 5.88. The van der Waals surface area contributed by atoms with Crippen molar-refractivity contribution >= 4 is 0 Å². The fourth-order valence-electron chi connectivity index (χ4n) is 3.25. The lowest BCUT2D eigenvalue weighted by atomic mass is 9.94. The normalized spacial score (nSPS) is 31.6. The van der Waals surface area contributed by atoms with E-state index in [4.69, 9.17) is 9.47 Å². The summed E-state index contributed by atoms with van der Waals surface area (Å²) < 4.78 is 11.3. The van der Waals surface area contributed by atoms with Crippen LogP contribution in [0.3, 0.4) is 0 Å². The van der Waals surface area contributed by atoms with Crippen molar-refractivity contribution in [2.75, 3.05) is 7.11 Å². The van der Waals surface area contributed by atoms with Crippen LogP contribution in [0, 0.1) is 0 Å². The quantitative estimate of drug-likeness (QED) is 0.887. The first-order valence-electron chi connectivity index (χ1n) is 6.82. The van der Waals surface area contributed by atoms with E-state index in [0.29, 0.717) is 24.3 Å². The van der Waals surface area contributed by atoms with E-state index in [9.17, 15) is 0 Å². The number of hydrogen-bond acceptors (Lipinski definition) is 3. The van der Waals surface area contributed by atoms with Crippen LogP contribution >= 0.6 is 0 Å². The third-order valence-corrected chi connectivity index (χ3v) is 4.18. The van der Waals surface area contributed by atoms with Crippen molar-refractivity contribution in [1.29, 1.82) is 0 Å². The van der Waals surface area contributed by atoms with E-state index < -0.39 is 0 Å². The third kappa shape index (κ3) is 2.13. The molecule has 4 unspecified atom stereocenters. The topological polar surface area (TPSA) is 30.5 Å². The predicted molar refractivity (Wildman–Crippen MR) is 70.8 cm³/mol. The molecule has 1 N–H and O–H groups in total. The molecule has 0 spiro atoms. The van der Waals surface area contributed by atoms with Crippen molar-refractivity contribution < 1.29 is 9.47 Å². The van der Waals surface area contributed by atoms with Gasteiger partial charge in [-0.1, -0.05) is 18.2 Å². The van der Waals surface area contributed by atoms with Crippen LogP contribution in [0.25, 0.3) is 0 Å². The Labute approximate surface area is 108 Å². The molecule has 1 aromatic rings. The number of fused-ring (bicyclic) bond motifs is 2. The molecule has 2 aliphatic heterocycles. The predicted octanol–water partition coefficient (Wildman–Crippen LogP) is 2.67. The molecule has 4 atom stereocenters. The van der Waals surface area contributed by atoms with E-state index in [2.05, 4.69) is 24.4 Å². The standard InChI is InChI=1S/C15H21NO2/c1-10(12-5-3-4-6-14(12)17-2)16-13-9-11-7-8-15(13)18-11/h3-6,10-11,13,15-16H,7-9H2,1-2H3. The van der Waals surface area contributed by atoms with E-state index in [1.807, 2.05) is 12.1 Å². The number of methoxy groups -OCH3 is 1. The number of benzene rings is 1. The zero-order chi connectivity index (χ0) is 12.5. The Morgan fingerprint density at radius 2 is 2.17 bits per heavy atom. The Morgan fingerprint density at radius 1 is 1.33 bits per heavy atom. The maximum Gasteiger partial charge on any atom is 0.123 e. The van der Waals surface area contributed by atoms with Gasteiger partial charge in [0.15, 0.2) is 0 Å². The first-order chi connectivity index (χ1) is 8.78. The molecule has 0 amide bonds. The lowest BCUT2D eigenvalue weighted by Crippen LogP contribution is -2.39. The molecular weight excluding hydrogens is 226 g/mol. The molecule has 98 valence electrons. The van der Waals surface area contributed by atoms with Gasteiger partial charge in [0.25, 0.3) is 0 Å². The molecule has 0 radical (unpaired) electrons. The molecule has 2 fully saturated rings. The summed E-state index contributed by atoms with van der Waals surface area (Å²) in [6.07, 6.45) is 4.53. The molecule has 2 bridgehead atoms. The van der Waals surface area contributed by atoms with Gasteiger partial charge in [0.05, 0.1) is 19.3 Å². The summed E-state index contributed by atoms with van der Waals surface area (Å²) >= 11 is 0. The molecule has 3 heteroatoms. The second-order valence-corrected chi connectivity index (χ2v) is 5.35. The smallest absolute Gasteiger partial charge is 0.123 e. The highest BCUT2D eigenvalue weighted by Crippen LogP contribution is 2.36. The third-order valence-electron chi connectivity index (χ3n) is 4.18. The highest BCUT2D eigenvalue weighted by molar-refractivity contribution is 5.35. The Hall–Kier alpha value is -1.06. The minimum atomic E-state index is 0.300. The summed E-state index contributed by atoms with van der Waals surface area (Å²) in [7, 11) is 1.73. The second kappa shape index (κ2) is 4.90. The van der Waals surface area contributed by atoms with Crippen molar-refractivity contribution in [3.05, 3.63) is 29.8 Å². The van der Waals surface area contributed by atoms with Crippen molar-refractivity contribution in [2.45, 2.75) is 50.5 Å². The van der Waals surface area contributed by atoms with Gasteiger partial charge in [-0.25, -0.2) is 0 Å². The van der Waals surface area contributed by atoms with Crippen LogP contribution in [0.15, 0.2) is 24.3 Å². The fourth-order valence-corrected chi connectivity index (χ4v) is 3.25. The van der Waals surface area contributed by atoms with Gasteiger partial charge in [-0.15, -0.1) is 0 Å². The Kier molecular flexibility index (Phi) is 3.27. The van der Waals surface area contributed by atoms with Gasteiger partial charge >= 0.3 is 0 Å². The summed E-state index contributed by atoms with van der Waals surface area (Å²) in [5, 5.41) is 3.70. The summed E-state index contributed by atoms with van der Waals surface area (Å²) in [5.41, 5.74) is 1.22. The minimum absolute atomic E-state index is 0.300. The van der Waals surface area contributed by atoms with Crippen LogP contribution in [-0.2, 0) is 4.74 Å². The molecule has 2 aliphatic rings. The van der Waals surface area contributed by atoms with Crippen LogP contribution in [0.1, 0.15) is 37.8 Å². The second-order valence-electron chi connectivity index (χ2n) is 5.35. The largest absolute Gasteiger partial charge is 0.496 e. The lowest BCUT2D eigenvalue weighted by Gasteiger charge is -2.25. The minimum Gasteiger partial charge on any atom is -0.496 e. The van der Waals surface area contributed by atoms with E-state index in [1.165, 1.54) is 18.4 Å². The number of rotatable bonds is 4. The zero-order valence-corrected chi connectivity index (χ0v) is 11.1. The summed E-state index contributed by atoms with van der Waals surface area (Å²) in [6.45, 7) is 2.20. The number of para-hydroxylation sites is 1. The van der Waals surface area contributed by atoms with Gasteiger partial charge in [0.1, 0.15) is 5.75 Å². The summed E-state index contributed by atoms with van der Waals surface area (Å²) in [5.74, 6) is 0.960. The maximum atomic E-state index is 5.88. The molecule has 0 saturated carbocycles. The molecular formula is C15H21NO2. The molecule has 0 aromatic heterocycles. The highest BCUT2D eigenvalue weighted by atomic mass is 16.5. The van der Waals surface area contributed by atoms with Crippen LogP contribution in [0.2, 0.25) is 0 Å². The van der Waals surface area contributed by atoms with Crippen LogP contribution in [-0.4, -0.2) is 25.4 Å². The average molecular weight is 247 g/mol. The van der Waals surface area contributed by atoms with Gasteiger partial charge in [-0.2, -0.15) is 0 Å². The Balaban J connectivity index is 1.69. The summed E-state index contributed by atoms with van der Waals surface area (Å²) in [4.78, 5) is 0. The van der Waals surface area contributed by atoms with E-state index in [-0.39, 0.29) is 0 Å². The molecule has 3 rings (SSSR count). The van der Waals surface area contributed by atoms with Gasteiger partial charge in [-0.3, -0.25) is 0 Å². The van der Waals surface area contributed by atoms with Crippen molar-refractivity contribution in [1.82, 2.24) is 5.32 Å². The molecule has 1 aromatic carbocycles. The SMILES string of the molecule is COc1ccccc1C(C)NC1CC2CCC1O2. The average Bonchev–Trinajstić information content (AvgIpc) is 3.01. The van der Waals surface area contributed by atoms with Crippen LogP contribution in [0.4, 0.5) is 0 Å². The van der Waals surface area contributed by atoms with Crippen LogP contribution in [0.5, 0.6) is 5.75 Å². The first-order valence-corrected chi connectivity index (χ1v) is 6.82. The van der Waals surface area contributed by atoms with Gasteiger partial charge in [0, 0.05) is 17.6 Å². The number of ether oxygens (including phenoxy) is 2. The highest BCUT2D eigenvalue weighted by Gasteiger charge is 2.41. The Morgan fingerprint density at radius 3 is 2.83 bits per heavy atom. The lowest BCUT2D eigenvalue weighted by molar-refractivity contribution is 0.0962. The zero-order valence-electron chi connectivity index (χ0n) is 11.1. The van der Waals surface area contributed by atoms with Crippen LogP contribution < -0.4 is 10.1 Å². The molecule has 0 aliphatic carbocycles. The van der Waals surface area contributed by atoms with E-state index >= 15 is 0 Å². The monoisotopic (exact) mass is 247 g/mol. The van der Waals surface area contributed by atoms with Gasteiger partial charge < -0.3 is 14.8 Å². The Bertz CT molecular complexity index is 421. The number of nitrogens with one attached hydrogen (secondary N) is 1.